The van der Waals surface area contributed by atoms with Crippen LogP contribution in [0.5, 0.6) is 0 Å². The Balaban J connectivity index is 2.02. The molecular formula is C16H24N2O4S. The van der Waals surface area contributed by atoms with E-state index in [1.165, 1.54) is 4.31 Å². The third-order valence-corrected chi connectivity index (χ3v) is 6.06. The van der Waals surface area contributed by atoms with Crippen molar-refractivity contribution >= 4 is 16.1 Å². The minimum absolute atomic E-state index is 0.0420. The maximum Gasteiger partial charge on any atom is 0.407 e. The number of alkyl carbamates (subject to hydrolysis) is 1. The fourth-order valence-corrected chi connectivity index (χ4v) is 4.48. The van der Waals surface area contributed by atoms with Crippen molar-refractivity contribution in [2.24, 2.45) is 0 Å². The zero-order valence-electron chi connectivity index (χ0n) is 13.8. The molecule has 0 aliphatic carbocycles. The molecule has 2 rings (SSSR count). The van der Waals surface area contributed by atoms with Crippen molar-refractivity contribution < 1.29 is 17.9 Å². The molecule has 1 saturated heterocycles. The lowest BCUT2D eigenvalue weighted by Crippen LogP contribution is -2.46. The summed E-state index contributed by atoms with van der Waals surface area (Å²) in [6.45, 7) is 6.62. The van der Waals surface area contributed by atoms with Crippen LogP contribution in [-0.4, -0.2) is 44.6 Å². The Morgan fingerprint density at radius 1 is 1.30 bits per heavy atom. The average molecular weight is 340 g/mol. The number of carbonyl (C=O) groups is 1. The number of benzene rings is 1. The van der Waals surface area contributed by atoms with Crippen LogP contribution in [0.1, 0.15) is 30.9 Å². The van der Waals surface area contributed by atoms with Gasteiger partial charge in [0, 0.05) is 19.1 Å². The lowest BCUT2D eigenvalue weighted by molar-refractivity contribution is 0.143. The Bertz CT molecular complexity index is 665. The van der Waals surface area contributed by atoms with Gasteiger partial charge in [0.25, 0.3) is 0 Å². The Morgan fingerprint density at radius 2 is 1.96 bits per heavy atom. The van der Waals surface area contributed by atoms with Crippen molar-refractivity contribution in [3.63, 3.8) is 0 Å². The third kappa shape index (κ3) is 4.23. The lowest BCUT2D eigenvalue weighted by Gasteiger charge is -2.31. The van der Waals surface area contributed by atoms with Gasteiger partial charge < -0.3 is 10.1 Å². The van der Waals surface area contributed by atoms with E-state index in [2.05, 4.69) is 5.32 Å². The van der Waals surface area contributed by atoms with Crippen molar-refractivity contribution in [1.29, 1.82) is 0 Å². The number of aryl methyl sites for hydroxylation is 2. The number of hydrogen-bond donors (Lipinski definition) is 1. The van der Waals surface area contributed by atoms with E-state index < -0.39 is 16.1 Å². The second kappa shape index (κ2) is 7.31. The monoisotopic (exact) mass is 340 g/mol. The molecule has 128 valence electrons. The van der Waals surface area contributed by atoms with E-state index in [1.54, 1.807) is 13.0 Å². The fraction of sp³-hybridized carbons (Fsp3) is 0.562. The van der Waals surface area contributed by atoms with Gasteiger partial charge >= 0.3 is 6.09 Å². The van der Waals surface area contributed by atoms with Crippen LogP contribution in [0.25, 0.3) is 0 Å². The summed E-state index contributed by atoms with van der Waals surface area (Å²) < 4.78 is 31.9. The molecular weight excluding hydrogens is 316 g/mol. The fourth-order valence-electron chi connectivity index (χ4n) is 2.81. The molecule has 1 N–H and O–H groups in total. The van der Waals surface area contributed by atoms with Crippen LogP contribution in [0, 0.1) is 13.8 Å². The number of sulfonamides is 1. The Labute approximate surface area is 137 Å². The molecule has 23 heavy (non-hydrogen) atoms. The highest BCUT2D eigenvalue weighted by Gasteiger charge is 2.30. The molecule has 7 heteroatoms. The second-order valence-electron chi connectivity index (χ2n) is 5.81. The third-order valence-electron chi connectivity index (χ3n) is 4.00. The van der Waals surface area contributed by atoms with Crippen LogP contribution in [0.15, 0.2) is 23.1 Å². The molecule has 6 nitrogen and oxygen atoms in total. The van der Waals surface area contributed by atoms with Gasteiger partial charge in [0.1, 0.15) is 0 Å². The molecule has 0 saturated carbocycles. The molecule has 0 radical (unpaired) electrons. The summed E-state index contributed by atoms with van der Waals surface area (Å²) in [5, 5.41) is 2.77. The van der Waals surface area contributed by atoms with Gasteiger partial charge in [0.05, 0.1) is 11.5 Å². The van der Waals surface area contributed by atoms with Crippen molar-refractivity contribution in [1.82, 2.24) is 9.62 Å². The summed E-state index contributed by atoms with van der Waals surface area (Å²) in [5.74, 6) is 0. The number of carbonyl (C=O) groups excluding carboxylic acids is 1. The van der Waals surface area contributed by atoms with Crippen molar-refractivity contribution in [3.05, 3.63) is 29.3 Å². The van der Waals surface area contributed by atoms with E-state index in [0.29, 0.717) is 37.4 Å². The van der Waals surface area contributed by atoms with Gasteiger partial charge in [-0.25, -0.2) is 13.2 Å². The van der Waals surface area contributed by atoms with Gasteiger partial charge in [-0.1, -0.05) is 17.7 Å². The van der Waals surface area contributed by atoms with Crippen LogP contribution >= 0.6 is 0 Å². The number of nitrogens with one attached hydrogen (secondary N) is 1. The van der Waals surface area contributed by atoms with Gasteiger partial charge in [0.15, 0.2) is 0 Å². The first-order valence-electron chi connectivity index (χ1n) is 7.85. The standard InChI is InChI=1S/C16H24N2O4S/c1-4-22-16(19)17-14-7-9-18(10-8-14)23(20,21)15-6-5-12(2)11-13(15)3/h5-6,11,14H,4,7-10H2,1-3H3,(H,17,19). The smallest absolute Gasteiger partial charge is 0.407 e. The van der Waals surface area contributed by atoms with E-state index in [4.69, 9.17) is 4.74 Å². The van der Waals surface area contributed by atoms with E-state index in [9.17, 15) is 13.2 Å². The number of hydrogen-bond acceptors (Lipinski definition) is 4. The molecule has 1 amide bonds. The molecule has 0 unspecified atom stereocenters. The Morgan fingerprint density at radius 3 is 2.52 bits per heavy atom. The Kier molecular flexibility index (Phi) is 5.64. The summed E-state index contributed by atoms with van der Waals surface area (Å²) >= 11 is 0. The lowest BCUT2D eigenvalue weighted by atomic mass is 10.1. The molecule has 1 aliphatic heterocycles. The highest BCUT2D eigenvalue weighted by Crippen LogP contribution is 2.24. The maximum atomic E-state index is 12.8. The molecule has 1 aliphatic rings. The van der Waals surface area contributed by atoms with Gasteiger partial charge in [0.2, 0.25) is 10.0 Å². The van der Waals surface area contributed by atoms with Crippen molar-refractivity contribution in [3.8, 4) is 0 Å². The Hall–Kier alpha value is -1.60. The number of piperidine rings is 1. The second-order valence-corrected chi connectivity index (χ2v) is 7.72. The number of rotatable bonds is 4. The normalized spacial score (nSPS) is 17.0. The number of nitrogens with zero attached hydrogens (tertiary/aromatic N) is 1. The number of amides is 1. The molecule has 0 spiro atoms. The maximum absolute atomic E-state index is 12.8. The van der Waals surface area contributed by atoms with Gasteiger partial charge in [-0.3, -0.25) is 0 Å². The van der Waals surface area contributed by atoms with Crippen LogP contribution in [-0.2, 0) is 14.8 Å². The molecule has 0 bridgehead atoms. The van der Waals surface area contributed by atoms with Crippen molar-refractivity contribution in [2.75, 3.05) is 19.7 Å². The van der Waals surface area contributed by atoms with Crippen LogP contribution < -0.4 is 5.32 Å². The van der Waals surface area contributed by atoms with E-state index >= 15 is 0 Å². The first-order valence-corrected chi connectivity index (χ1v) is 9.29. The molecule has 0 atom stereocenters. The summed E-state index contributed by atoms with van der Waals surface area (Å²) in [6.07, 6.45) is 0.731. The highest BCUT2D eigenvalue weighted by atomic mass is 32.2. The minimum atomic E-state index is -3.48. The average Bonchev–Trinajstić information content (AvgIpc) is 2.47. The van der Waals surface area contributed by atoms with E-state index in [0.717, 1.165) is 11.1 Å². The molecule has 1 heterocycles. The van der Waals surface area contributed by atoms with Gasteiger partial charge in [-0.15, -0.1) is 0 Å². The summed E-state index contributed by atoms with van der Waals surface area (Å²) in [7, 11) is -3.48. The topological polar surface area (TPSA) is 75.7 Å². The first kappa shape index (κ1) is 17.7. The van der Waals surface area contributed by atoms with E-state index in [1.807, 2.05) is 26.0 Å². The summed E-state index contributed by atoms with van der Waals surface area (Å²) in [6, 6.07) is 5.32. The SMILES string of the molecule is CCOC(=O)NC1CCN(S(=O)(=O)c2ccc(C)cc2C)CC1. The van der Waals surface area contributed by atoms with E-state index in [-0.39, 0.29) is 6.04 Å². The summed E-state index contributed by atoms with van der Waals surface area (Å²) in [5.41, 5.74) is 1.80. The zero-order chi connectivity index (χ0) is 17.0. The first-order chi connectivity index (χ1) is 10.8. The van der Waals surface area contributed by atoms with Crippen LogP contribution in [0.4, 0.5) is 4.79 Å². The predicted octanol–water partition coefficient (Wildman–Crippen LogP) is 2.20. The quantitative estimate of drug-likeness (QED) is 0.912. The van der Waals surface area contributed by atoms with Gasteiger partial charge in [-0.2, -0.15) is 4.31 Å². The predicted molar refractivity (Wildman–Crippen MR) is 87.9 cm³/mol. The number of ether oxygens (including phenoxy) is 1. The molecule has 1 aromatic carbocycles. The van der Waals surface area contributed by atoms with Gasteiger partial charge in [-0.05, 0) is 45.2 Å². The minimum Gasteiger partial charge on any atom is -0.450 e. The molecule has 1 fully saturated rings. The molecule has 0 aromatic heterocycles. The molecule has 1 aromatic rings. The highest BCUT2D eigenvalue weighted by molar-refractivity contribution is 7.89. The largest absolute Gasteiger partial charge is 0.450 e. The van der Waals surface area contributed by atoms with Crippen molar-refractivity contribution in [2.45, 2.75) is 44.6 Å². The summed E-state index contributed by atoms with van der Waals surface area (Å²) in [4.78, 5) is 11.8. The van der Waals surface area contributed by atoms with Crippen LogP contribution in [0.3, 0.4) is 0 Å². The zero-order valence-corrected chi connectivity index (χ0v) is 14.6. The van der Waals surface area contributed by atoms with Crippen LogP contribution in [0.2, 0.25) is 0 Å².